The lowest BCUT2D eigenvalue weighted by Crippen LogP contribution is -2.34. The van der Waals surface area contributed by atoms with Gasteiger partial charge in [-0.1, -0.05) is 12.8 Å². The van der Waals surface area contributed by atoms with Gasteiger partial charge < -0.3 is 4.90 Å². The Morgan fingerprint density at radius 1 is 1.38 bits per heavy atom. The Morgan fingerprint density at radius 2 is 2.00 bits per heavy atom. The van der Waals surface area contributed by atoms with Gasteiger partial charge in [0.05, 0.1) is 11.5 Å². The molecule has 2 fully saturated rings. The zero-order valence-corrected chi connectivity index (χ0v) is 8.42. The Morgan fingerprint density at radius 3 is 2.46 bits per heavy atom. The Hall–Kier alpha value is -0.550. The first-order valence-electron chi connectivity index (χ1n) is 5.37. The summed E-state index contributed by atoms with van der Waals surface area (Å²) in [5, 5.41) is 8.97. The van der Waals surface area contributed by atoms with E-state index in [2.05, 4.69) is 18.0 Å². The van der Waals surface area contributed by atoms with E-state index in [0.717, 1.165) is 25.4 Å². The molecule has 0 aromatic carbocycles. The van der Waals surface area contributed by atoms with E-state index in [1.165, 1.54) is 25.7 Å². The Labute approximate surface area is 80.5 Å². The fourth-order valence-corrected chi connectivity index (χ4v) is 2.41. The second-order valence-corrected chi connectivity index (χ2v) is 4.75. The quantitative estimate of drug-likeness (QED) is 0.662. The van der Waals surface area contributed by atoms with Gasteiger partial charge in [0.25, 0.3) is 0 Å². The molecule has 0 radical (unpaired) electrons. The van der Waals surface area contributed by atoms with E-state index < -0.39 is 0 Å². The summed E-state index contributed by atoms with van der Waals surface area (Å²) >= 11 is 0. The van der Waals surface area contributed by atoms with Crippen molar-refractivity contribution in [2.45, 2.75) is 44.6 Å². The fraction of sp³-hybridized carbons (Fsp3) is 0.909. The van der Waals surface area contributed by atoms with Crippen LogP contribution in [0.15, 0.2) is 0 Å². The molecule has 0 heterocycles. The molecule has 0 N–H and O–H groups in total. The van der Waals surface area contributed by atoms with E-state index in [4.69, 9.17) is 5.26 Å². The van der Waals surface area contributed by atoms with Crippen LogP contribution < -0.4 is 0 Å². The third kappa shape index (κ3) is 1.86. The van der Waals surface area contributed by atoms with Gasteiger partial charge in [0.15, 0.2) is 0 Å². The average Bonchev–Trinajstić information content (AvgIpc) is 2.69. The van der Waals surface area contributed by atoms with Gasteiger partial charge in [0, 0.05) is 12.6 Å². The van der Waals surface area contributed by atoms with Crippen molar-refractivity contribution in [3.05, 3.63) is 0 Å². The van der Waals surface area contributed by atoms with Crippen LogP contribution in [0.25, 0.3) is 0 Å². The maximum Gasteiger partial charge on any atom is 0.0703 e. The zero-order chi connectivity index (χ0) is 9.31. The smallest absolute Gasteiger partial charge is 0.0703 e. The predicted molar refractivity (Wildman–Crippen MR) is 52.2 cm³/mol. The first-order valence-corrected chi connectivity index (χ1v) is 5.37. The predicted octanol–water partition coefficient (Wildman–Crippen LogP) is 2.16. The van der Waals surface area contributed by atoms with Crippen molar-refractivity contribution in [1.82, 2.24) is 4.90 Å². The highest BCUT2D eigenvalue weighted by atomic mass is 15.1. The zero-order valence-electron chi connectivity index (χ0n) is 8.42. The molecule has 2 saturated carbocycles. The molecule has 0 amide bonds. The fourth-order valence-electron chi connectivity index (χ4n) is 2.41. The minimum atomic E-state index is 0.0529. The van der Waals surface area contributed by atoms with E-state index in [-0.39, 0.29) is 5.41 Å². The molecular formula is C11H18N2. The standard InChI is InChI=1S/C11H18N2/c1-13(10-4-2-3-5-10)9-11(8-12)6-7-11/h10H,2-7,9H2,1H3. The molecule has 2 rings (SSSR count). The summed E-state index contributed by atoms with van der Waals surface area (Å²) in [4.78, 5) is 2.42. The Balaban J connectivity index is 1.84. The maximum absolute atomic E-state index is 8.97. The van der Waals surface area contributed by atoms with Crippen molar-refractivity contribution in [2.24, 2.45) is 5.41 Å². The molecular weight excluding hydrogens is 160 g/mol. The van der Waals surface area contributed by atoms with Crippen molar-refractivity contribution in [1.29, 1.82) is 5.26 Å². The molecule has 0 aromatic rings. The van der Waals surface area contributed by atoms with Gasteiger partial charge in [0.1, 0.15) is 0 Å². The topological polar surface area (TPSA) is 27.0 Å². The largest absolute Gasteiger partial charge is 0.302 e. The maximum atomic E-state index is 8.97. The highest BCUT2D eigenvalue weighted by Crippen LogP contribution is 2.46. The van der Waals surface area contributed by atoms with Crippen LogP contribution in [-0.2, 0) is 0 Å². The third-order valence-electron chi connectivity index (χ3n) is 3.59. The van der Waals surface area contributed by atoms with Crippen molar-refractivity contribution >= 4 is 0 Å². The van der Waals surface area contributed by atoms with Crippen LogP contribution in [0.2, 0.25) is 0 Å². The lowest BCUT2D eigenvalue weighted by Gasteiger charge is -2.25. The molecule has 2 nitrogen and oxygen atoms in total. The molecule has 2 aliphatic carbocycles. The number of nitriles is 1. The van der Waals surface area contributed by atoms with Crippen molar-refractivity contribution in [3.63, 3.8) is 0 Å². The molecule has 2 heteroatoms. The molecule has 0 spiro atoms. The monoisotopic (exact) mass is 178 g/mol. The summed E-state index contributed by atoms with van der Waals surface area (Å²) in [6, 6.07) is 3.23. The lowest BCUT2D eigenvalue weighted by molar-refractivity contribution is 0.218. The van der Waals surface area contributed by atoms with Crippen LogP contribution in [0.3, 0.4) is 0 Å². The van der Waals surface area contributed by atoms with Gasteiger partial charge in [-0.05, 0) is 32.7 Å². The normalized spacial score (nSPS) is 26.2. The average molecular weight is 178 g/mol. The van der Waals surface area contributed by atoms with E-state index in [0.29, 0.717) is 0 Å². The molecule has 0 bridgehead atoms. The lowest BCUT2D eigenvalue weighted by atomic mass is 10.1. The minimum absolute atomic E-state index is 0.0529. The summed E-state index contributed by atoms with van der Waals surface area (Å²) < 4.78 is 0. The molecule has 2 aliphatic rings. The first-order chi connectivity index (χ1) is 6.26. The van der Waals surface area contributed by atoms with Gasteiger partial charge in [-0.15, -0.1) is 0 Å². The summed E-state index contributed by atoms with van der Waals surface area (Å²) in [7, 11) is 2.19. The first kappa shape index (κ1) is 9.02. The number of hydrogen-bond acceptors (Lipinski definition) is 2. The van der Waals surface area contributed by atoms with Crippen molar-refractivity contribution < 1.29 is 0 Å². The van der Waals surface area contributed by atoms with Crippen LogP contribution in [0.5, 0.6) is 0 Å². The second kappa shape index (κ2) is 3.31. The van der Waals surface area contributed by atoms with E-state index >= 15 is 0 Å². The van der Waals surface area contributed by atoms with E-state index in [9.17, 15) is 0 Å². The van der Waals surface area contributed by atoms with Gasteiger partial charge in [-0.3, -0.25) is 0 Å². The molecule has 0 atom stereocenters. The number of rotatable bonds is 3. The molecule has 72 valence electrons. The third-order valence-corrected chi connectivity index (χ3v) is 3.59. The highest BCUT2D eigenvalue weighted by Gasteiger charge is 2.44. The van der Waals surface area contributed by atoms with Crippen LogP contribution in [0, 0.1) is 16.7 Å². The van der Waals surface area contributed by atoms with Crippen LogP contribution in [0.4, 0.5) is 0 Å². The summed E-state index contributed by atoms with van der Waals surface area (Å²) in [5.74, 6) is 0. The van der Waals surface area contributed by atoms with Gasteiger partial charge >= 0.3 is 0 Å². The van der Waals surface area contributed by atoms with Crippen molar-refractivity contribution in [2.75, 3.05) is 13.6 Å². The van der Waals surface area contributed by atoms with Crippen LogP contribution in [0.1, 0.15) is 38.5 Å². The Bertz CT molecular complexity index is 219. The van der Waals surface area contributed by atoms with E-state index in [1.807, 2.05) is 0 Å². The van der Waals surface area contributed by atoms with E-state index in [1.54, 1.807) is 0 Å². The molecule has 0 unspecified atom stereocenters. The van der Waals surface area contributed by atoms with Crippen LogP contribution in [-0.4, -0.2) is 24.5 Å². The molecule has 0 aromatic heterocycles. The highest BCUT2D eigenvalue weighted by molar-refractivity contribution is 5.11. The van der Waals surface area contributed by atoms with Crippen LogP contribution >= 0.6 is 0 Å². The van der Waals surface area contributed by atoms with Crippen molar-refractivity contribution in [3.8, 4) is 6.07 Å². The molecule has 0 saturated heterocycles. The second-order valence-electron chi connectivity index (χ2n) is 4.75. The number of nitrogens with zero attached hydrogens (tertiary/aromatic N) is 2. The molecule has 0 aliphatic heterocycles. The van der Waals surface area contributed by atoms with Gasteiger partial charge in [-0.25, -0.2) is 0 Å². The minimum Gasteiger partial charge on any atom is -0.302 e. The van der Waals surface area contributed by atoms with Gasteiger partial charge in [0.2, 0.25) is 0 Å². The SMILES string of the molecule is CN(CC1(C#N)CC1)C1CCCC1. The number of hydrogen-bond donors (Lipinski definition) is 0. The summed E-state index contributed by atoms with van der Waals surface area (Å²) in [5.41, 5.74) is 0.0529. The Kier molecular flexibility index (Phi) is 2.29. The summed E-state index contributed by atoms with van der Waals surface area (Å²) in [6.07, 6.45) is 7.71. The molecule has 13 heavy (non-hydrogen) atoms. The van der Waals surface area contributed by atoms with Gasteiger partial charge in [-0.2, -0.15) is 5.26 Å². The summed E-state index contributed by atoms with van der Waals surface area (Å²) in [6.45, 7) is 1.01.